The number of methoxy groups -OCH3 is 1. The monoisotopic (exact) mass is 544 g/mol. The van der Waals surface area contributed by atoms with Gasteiger partial charge in [0.2, 0.25) is 10.0 Å². The summed E-state index contributed by atoms with van der Waals surface area (Å²) in [6.07, 6.45) is 0. The van der Waals surface area contributed by atoms with E-state index in [-0.39, 0.29) is 4.90 Å². The van der Waals surface area contributed by atoms with Crippen molar-refractivity contribution in [3.05, 3.63) is 80.2 Å². The molecule has 0 aromatic heterocycles. The average Bonchev–Trinajstić information content (AvgIpc) is 2.73. The maximum atomic E-state index is 11.4. The van der Waals surface area contributed by atoms with Gasteiger partial charge < -0.3 is 14.8 Å². The lowest BCUT2D eigenvalue weighted by molar-refractivity contribution is 0.284. The van der Waals surface area contributed by atoms with Gasteiger partial charge >= 0.3 is 0 Å². The maximum absolute atomic E-state index is 11.4. The molecule has 3 aromatic carbocycles. The molecule has 0 unspecified atom stereocenters. The number of ether oxygens (including phenoxy) is 2. The molecule has 0 fully saturated rings. The van der Waals surface area contributed by atoms with Crippen LogP contribution < -0.4 is 19.9 Å². The highest BCUT2D eigenvalue weighted by atomic mass is 79.9. The molecule has 31 heavy (non-hydrogen) atoms. The van der Waals surface area contributed by atoms with Crippen LogP contribution in [0.2, 0.25) is 10.0 Å². The van der Waals surface area contributed by atoms with Crippen molar-refractivity contribution in [3.63, 3.8) is 0 Å². The van der Waals surface area contributed by atoms with Crippen molar-refractivity contribution >= 4 is 54.8 Å². The number of nitrogens with one attached hydrogen (secondary N) is 1. The topological polar surface area (TPSA) is 90.6 Å². The number of hydrogen-bond acceptors (Lipinski definition) is 5. The quantitative estimate of drug-likeness (QED) is 0.384. The van der Waals surface area contributed by atoms with Gasteiger partial charge in [0.1, 0.15) is 6.61 Å². The molecule has 0 aliphatic rings. The third-order valence-electron chi connectivity index (χ3n) is 4.38. The lowest BCUT2D eigenvalue weighted by Crippen LogP contribution is -2.12. The van der Waals surface area contributed by atoms with E-state index in [0.717, 1.165) is 21.3 Å². The average molecular weight is 546 g/mol. The first kappa shape index (κ1) is 23.7. The molecule has 0 heterocycles. The number of primary sulfonamides is 1. The van der Waals surface area contributed by atoms with Gasteiger partial charge in [0.15, 0.2) is 11.5 Å². The smallest absolute Gasteiger partial charge is 0.238 e. The largest absolute Gasteiger partial charge is 0.493 e. The third kappa shape index (κ3) is 6.27. The van der Waals surface area contributed by atoms with Crippen molar-refractivity contribution in [1.82, 2.24) is 0 Å². The SMILES string of the molecule is COc1cc(CNc2ccc(S(N)(=O)=O)cc2)c(Br)cc1OCc1ccc(Cl)c(Cl)c1. The Bertz CT molecular complexity index is 1190. The first-order valence-corrected chi connectivity index (χ1v) is 12.1. The van der Waals surface area contributed by atoms with E-state index >= 15 is 0 Å². The first-order chi connectivity index (χ1) is 14.7. The predicted octanol–water partition coefficient (Wildman–Crippen LogP) is 5.60. The lowest BCUT2D eigenvalue weighted by atomic mass is 10.2. The van der Waals surface area contributed by atoms with E-state index in [1.807, 2.05) is 18.2 Å². The van der Waals surface area contributed by atoms with Crippen molar-refractivity contribution in [2.24, 2.45) is 5.14 Å². The molecule has 3 aromatic rings. The Labute approximate surface area is 199 Å². The minimum atomic E-state index is -3.72. The second kappa shape index (κ2) is 10.1. The molecule has 0 saturated heterocycles. The second-order valence-electron chi connectivity index (χ2n) is 6.55. The lowest BCUT2D eigenvalue weighted by Gasteiger charge is -2.15. The first-order valence-electron chi connectivity index (χ1n) is 8.97. The summed E-state index contributed by atoms with van der Waals surface area (Å²) in [5.41, 5.74) is 2.55. The summed E-state index contributed by atoms with van der Waals surface area (Å²) in [4.78, 5) is 0.0596. The zero-order valence-electron chi connectivity index (χ0n) is 16.4. The molecule has 3 rings (SSSR count). The number of nitrogens with two attached hydrogens (primary N) is 1. The summed E-state index contributed by atoms with van der Waals surface area (Å²) >= 11 is 15.6. The number of sulfonamides is 1. The van der Waals surface area contributed by atoms with Crippen LogP contribution in [0.4, 0.5) is 5.69 Å². The van der Waals surface area contributed by atoms with Gasteiger partial charge in [0.25, 0.3) is 0 Å². The molecule has 0 atom stereocenters. The van der Waals surface area contributed by atoms with Crippen molar-refractivity contribution in [2.45, 2.75) is 18.0 Å². The molecular weight excluding hydrogens is 527 g/mol. The summed E-state index contributed by atoms with van der Waals surface area (Å²) in [7, 11) is -2.15. The summed E-state index contributed by atoms with van der Waals surface area (Å²) in [5, 5.41) is 9.31. The van der Waals surface area contributed by atoms with Crippen LogP contribution >= 0.6 is 39.1 Å². The van der Waals surface area contributed by atoms with Crippen LogP contribution in [0.3, 0.4) is 0 Å². The summed E-state index contributed by atoms with van der Waals surface area (Å²) < 4.78 is 34.9. The molecular formula is C21H19BrCl2N2O4S. The Morgan fingerprint density at radius 3 is 2.32 bits per heavy atom. The Balaban J connectivity index is 1.70. The van der Waals surface area contributed by atoms with Crippen molar-refractivity contribution in [1.29, 1.82) is 0 Å². The number of halogens is 3. The van der Waals surface area contributed by atoms with Gasteiger partial charge in [-0.2, -0.15) is 0 Å². The van der Waals surface area contributed by atoms with E-state index in [2.05, 4.69) is 21.2 Å². The molecule has 0 aliphatic carbocycles. The van der Waals surface area contributed by atoms with Crippen LogP contribution in [0.25, 0.3) is 0 Å². The third-order valence-corrected chi connectivity index (χ3v) is 6.78. The minimum Gasteiger partial charge on any atom is -0.493 e. The molecule has 6 nitrogen and oxygen atoms in total. The summed E-state index contributed by atoms with van der Waals surface area (Å²) in [5.74, 6) is 1.14. The van der Waals surface area contributed by atoms with Crippen LogP contribution in [0.5, 0.6) is 11.5 Å². The van der Waals surface area contributed by atoms with Gasteiger partial charge in [-0.15, -0.1) is 0 Å². The molecule has 0 saturated carbocycles. The van der Waals surface area contributed by atoms with Gasteiger partial charge in [-0.25, -0.2) is 13.6 Å². The van der Waals surface area contributed by atoms with E-state index in [1.165, 1.54) is 12.1 Å². The molecule has 10 heteroatoms. The molecule has 0 bridgehead atoms. The van der Waals surface area contributed by atoms with Crippen molar-refractivity contribution in [2.75, 3.05) is 12.4 Å². The van der Waals surface area contributed by atoms with E-state index in [0.29, 0.717) is 34.7 Å². The molecule has 0 radical (unpaired) electrons. The molecule has 0 amide bonds. The standard InChI is InChI=1S/C21H19BrCl2N2O4S/c1-29-20-9-14(11-26-15-3-5-16(6-4-15)31(25,27)28)17(22)10-21(20)30-12-13-2-7-18(23)19(24)8-13/h2-10,26H,11-12H2,1H3,(H2,25,27,28). The van der Waals surface area contributed by atoms with Gasteiger partial charge in [0.05, 0.1) is 22.1 Å². The fourth-order valence-electron chi connectivity index (χ4n) is 2.74. The van der Waals surface area contributed by atoms with Gasteiger partial charge in [0, 0.05) is 16.7 Å². The zero-order valence-corrected chi connectivity index (χ0v) is 20.3. The zero-order chi connectivity index (χ0) is 22.6. The highest BCUT2D eigenvalue weighted by Crippen LogP contribution is 2.35. The van der Waals surface area contributed by atoms with Crippen LogP contribution in [0.1, 0.15) is 11.1 Å². The molecule has 164 valence electrons. The Hall–Kier alpha value is -1.97. The predicted molar refractivity (Wildman–Crippen MR) is 127 cm³/mol. The molecule has 3 N–H and O–H groups in total. The Morgan fingerprint density at radius 1 is 1.00 bits per heavy atom. The second-order valence-corrected chi connectivity index (χ2v) is 9.78. The van der Waals surface area contributed by atoms with Gasteiger partial charge in [-0.05, 0) is 59.7 Å². The number of anilines is 1. The fourth-order valence-corrected chi connectivity index (χ4v) is 4.03. The number of rotatable bonds is 8. The maximum Gasteiger partial charge on any atom is 0.238 e. The highest BCUT2D eigenvalue weighted by Gasteiger charge is 2.12. The van der Waals surface area contributed by atoms with E-state index < -0.39 is 10.0 Å². The Kier molecular flexibility index (Phi) is 7.72. The molecule has 0 aliphatic heterocycles. The summed E-state index contributed by atoms with van der Waals surface area (Å²) in [6.45, 7) is 0.770. The van der Waals surface area contributed by atoms with Crippen molar-refractivity contribution in [3.8, 4) is 11.5 Å². The van der Waals surface area contributed by atoms with Crippen LogP contribution in [0.15, 0.2) is 64.0 Å². The van der Waals surface area contributed by atoms with E-state index in [4.69, 9.17) is 37.8 Å². The van der Waals surface area contributed by atoms with Gasteiger partial charge in [-0.1, -0.05) is 45.2 Å². The van der Waals surface area contributed by atoms with Crippen LogP contribution in [-0.2, 0) is 23.2 Å². The van der Waals surface area contributed by atoms with Crippen molar-refractivity contribution < 1.29 is 17.9 Å². The van der Waals surface area contributed by atoms with E-state index in [1.54, 1.807) is 31.4 Å². The van der Waals surface area contributed by atoms with E-state index in [9.17, 15) is 8.42 Å². The number of hydrogen-bond donors (Lipinski definition) is 2. The highest BCUT2D eigenvalue weighted by molar-refractivity contribution is 9.10. The summed E-state index contributed by atoms with van der Waals surface area (Å²) in [6, 6.07) is 15.2. The van der Waals surface area contributed by atoms with Gasteiger partial charge in [-0.3, -0.25) is 0 Å². The normalized spacial score (nSPS) is 11.3. The number of benzene rings is 3. The van der Waals surface area contributed by atoms with Crippen LogP contribution in [-0.4, -0.2) is 15.5 Å². The minimum absolute atomic E-state index is 0.0596. The van der Waals surface area contributed by atoms with Crippen LogP contribution in [0, 0.1) is 0 Å². The Morgan fingerprint density at radius 2 is 1.71 bits per heavy atom. The fraction of sp³-hybridized carbons (Fsp3) is 0.143. The molecule has 0 spiro atoms.